The molecule has 1 aromatic heterocycles. The molecule has 1 fully saturated rings. The van der Waals surface area contributed by atoms with Crippen LogP contribution in [-0.2, 0) is 23.1 Å². The van der Waals surface area contributed by atoms with Crippen LogP contribution in [0.25, 0.3) is 0 Å². The molecule has 5 rings (SSSR count). The standard InChI is InChI=1S/C29H32ClN5O3S2/c1-21-16-25(38-2)9-8-23(21)19-35(29-31-20-32-39-29)40(36,37)26-10-11-28(27(30)17-26)33-24-12-14-34(15-13-24)18-22-6-4-3-5-7-22/h3-11,16-17,20,24,33H,12-15,18-19H2,1-2H3. The first-order valence-electron chi connectivity index (χ1n) is 13.1. The van der Waals surface area contributed by atoms with Crippen molar-refractivity contribution in [3.8, 4) is 5.75 Å². The average Bonchev–Trinajstić information content (AvgIpc) is 3.49. The van der Waals surface area contributed by atoms with Gasteiger partial charge in [-0.05, 0) is 66.8 Å². The lowest BCUT2D eigenvalue weighted by Gasteiger charge is -2.33. The molecule has 0 saturated carbocycles. The van der Waals surface area contributed by atoms with Crippen molar-refractivity contribution >= 4 is 44.0 Å². The zero-order chi connectivity index (χ0) is 28.1. The molecule has 0 bridgehead atoms. The Morgan fingerprint density at radius 2 is 1.88 bits per heavy atom. The van der Waals surface area contributed by atoms with Gasteiger partial charge >= 0.3 is 0 Å². The van der Waals surface area contributed by atoms with Gasteiger partial charge < -0.3 is 10.1 Å². The first-order chi connectivity index (χ1) is 19.3. The third kappa shape index (κ3) is 6.58. The molecule has 2 heterocycles. The van der Waals surface area contributed by atoms with Crippen LogP contribution in [0.4, 0.5) is 10.8 Å². The van der Waals surface area contributed by atoms with Gasteiger partial charge in [0.2, 0.25) is 5.13 Å². The number of likely N-dealkylation sites (tertiary alicyclic amines) is 1. The predicted molar refractivity (Wildman–Crippen MR) is 161 cm³/mol. The van der Waals surface area contributed by atoms with Crippen molar-refractivity contribution in [1.82, 2.24) is 14.3 Å². The number of rotatable bonds is 10. The van der Waals surface area contributed by atoms with Gasteiger partial charge in [0.1, 0.15) is 12.1 Å². The second-order valence-electron chi connectivity index (χ2n) is 9.85. The van der Waals surface area contributed by atoms with Crippen LogP contribution in [0.15, 0.2) is 78.0 Å². The largest absolute Gasteiger partial charge is 0.497 e. The van der Waals surface area contributed by atoms with Crippen molar-refractivity contribution in [3.63, 3.8) is 0 Å². The highest BCUT2D eigenvalue weighted by Gasteiger charge is 2.29. The lowest BCUT2D eigenvalue weighted by molar-refractivity contribution is 0.211. The molecular formula is C29H32ClN5O3S2. The number of aromatic nitrogens is 2. The summed E-state index contributed by atoms with van der Waals surface area (Å²) in [7, 11) is -2.37. The number of halogens is 1. The van der Waals surface area contributed by atoms with E-state index in [1.165, 1.54) is 22.3 Å². The Hall–Kier alpha value is -3.18. The molecule has 0 unspecified atom stereocenters. The van der Waals surface area contributed by atoms with Crippen LogP contribution in [0.1, 0.15) is 29.5 Å². The van der Waals surface area contributed by atoms with Crippen LogP contribution >= 0.6 is 23.1 Å². The summed E-state index contributed by atoms with van der Waals surface area (Å²) >= 11 is 7.67. The topological polar surface area (TPSA) is 87.7 Å². The van der Waals surface area contributed by atoms with E-state index in [1.807, 2.05) is 31.2 Å². The fourth-order valence-electron chi connectivity index (χ4n) is 4.86. The molecule has 11 heteroatoms. The molecule has 210 valence electrons. The number of benzene rings is 3. The van der Waals surface area contributed by atoms with Crippen molar-refractivity contribution in [3.05, 3.63) is 94.8 Å². The summed E-state index contributed by atoms with van der Waals surface area (Å²) < 4.78 is 38.3. The monoisotopic (exact) mass is 597 g/mol. The van der Waals surface area contributed by atoms with E-state index in [1.54, 1.807) is 19.2 Å². The average molecular weight is 598 g/mol. The van der Waals surface area contributed by atoms with Gasteiger partial charge in [0.15, 0.2) is 0 Å². The fourth-order valence-corrected chi connectivity index (χ4v) is 7.31. The highest BCUT2D eigenvalue weighted by Crippen LogP contribution is 2.32. The quantitative estimate of drug-likeness (QED) is 0.241. The van der Waals surface area contributed by atoms with E-state index in [9.17, 15) is 8.42 Å². The van der Waals surface area contributed by atoms with Crippen molar-refractivity contribution in [2.75, 3.05) is 29.8 Å². The molecule has 1 saturated heterocycles. The molecule has 0 atom stereocenters. The second kappa shape index (κ2) is 12.6. The third-order valence-corrected chi connectivity index (χ3v) is 10.0. The molecule has 0 spiro atoms. The molecule has 0 aliphatic carbocycles. The van der Waals surface area contributed by atoms with Gasteiger partial charge in [0, 0.05) is 37.2 Å². The Balaban J connectivity index is 1.29. The second-order valence-corrected chi connectivity index (χ2v) is 12.9. The van der Waals surface area contributed by atoms with Gasteiger partial charge in [-0.2, -0.15) is 4.37 Å². The van der Waals surface area contributed by atoms with E-state index in [2.05, 4.69) is 43.8 Å². The number of methoxy groups -OCH3 is 1. The molecule has 8 nitrogen and oxygen atoms in total. The first-order valence-corrected chi connectivity index (χ1v) is 15.7. The predicted octanol–water partition coefficient (Wildman–Crippen LogP) is 5.98. The lowest BCUT2D eigenvalue weighted by atomic mass is 10.0. The van der Waals surface area contributed by atoms with Crippen LogP contribution < -0.4 is 14.4 Å². The van der Waals surface area contributed by atoms with Crippen LogP contribution in [0, 0.1) is 6.92 Å². The summed E-state index contributed by atoms with van der Waals surface area (Å²) in [6.45, 7) is 4.94. The third-order valence-electron chi connectivity index (χ3n) is 7.15. The number of hydrogen-bond acceptors (Lipinski definition) is 8. The van der Waals surface area contributed by atoms with Gasteiger partial charge in [-0.3, -0.25) is 4.90 Å². The number of sulfonamides is 1. The molecule has 3 aromatic carbocycles. The first kappa shape index (κ1) is 28.4. The van der Waals surface area contributed by atoms with Gasteiger partial charge in [-0.15, -0.1) is 0 Å². The smallest absolute Gasteiger partial charge is 0.266 e. The fraction of sp³-hybridized carbons (Fsp3) is 0.310. The van der Waals surface area contributed by atoms with Crippen molar-refractivity contribution in [2.24, 2.45) is 0 Å². The van der Waals surface area contributed by atoms with Crippen LogP contribution in [0.3, 0.4) is 0 Å². The molecule has 0 amide bonds. The zero-order valence-corrected chi connectivity index (χ0v) is 24.8. The maximum absolute atomic E-state index is 13.9. The molecule has 1 aliphatic rings. The van der Waals surface area contributed by atoms with E-state index >= 15 is 0 Å². The maximum atomic E-state index is 13.9. The summed E-state index contributed by atoms with van der Waals surface area (Å²) in [5.74, 6) is 0.711. The number of nitrogens with one attached hydrogen (secondary N) is 1. The van der Waals surface area contributed by atoms with Crippen LogP contribution in [-0.4, -0.2) is 48.9 Å². The van der Waals surface area contributed by atoms with Crippen molar-refractivity contribution in [2.45, 2.75) is 43.8 Å². The summed E-state index contributed by atoms with van der Waals surface area (Å²) in [5, 5.41) is 4.18. The van der Waals surface area contributed by atoms with E-state index < -0.39 is 10.0 Å². The minimum atomic E-state index is -3.97. The van der Waals surface area contributed by atoms with E-state index in [4.69, 9.17) is 16.3 Å². The Morgan fingerprint density at radius 1 is 1.10 bits per heavy atom. The Kier molecular flexibility index (Phi) is 8.90. The molecular weight excluding hydrogens is 566 g/mol. The molecule has 1 N–H and O–H groups in total. The SMILES string of the molecule is COc1ccc(CN(c2ncns2)S(=O)(=O)c2ccc(NC3CCN(Cc4ccccc4)CC3)c(Cl)c2)c(C)c1. The van der Waals surface area contributed by atoms with Gasteiger partial charge in [-0.1, -0.05) is 48.0 Å². The van der Waals surface area contributed by atoms with E-state index in [0.29, 0.717) is 10.8 Å². The minimum absolute atomic E-state index is 0.0992. The maximum Gasteiger partial charge on any atom is 0.266 e. The normalized spacial score (nSPS) is 14.7. The van der Waals surface area contributed by atoms with Crippen LogP contribution in [0.2, 0.25) is 5.02 Å². The summed E-state index contributed by atoms with van der Waals surface area (Å²) in [4.78, 5) is 6.75. The highest BCUT2D eigenvalue weighted by atomic mass is 35.5. The number of nitrogens with zero attached hydrogens (tertiary/aromatic N) is 4. The minimum Gasteiger partial charge on any atom is -0.497 e. The highest BCUT2D eigenvalue weighted by molar-refractivity contribution is 7.93. The van der Waals surface area contributed by atoms with Crippen molar-refractivity contribution < 1.29 is 13.2 Å². The Bertz CT molecular complexity index is 1530. The van der Waals surface area contributed by atoms with Gasteiger partial charge in [0.25, 0.3) is 10.0 Å². The lowest BCUT2D eigenvalue weighted by Crippen LogP contribution is -2.38. The molecule has 4 aromatic rings. The number of ether oxygens (including phenoxy) is 1. The summed E-state index contributed by atoms with van der Waals surface area (Å²) in [6.07, 6.45) is 3.32. The van der Waals surface area contributed by atoms with E-state index in [0.717, 1.165) is 60.8 Å². The van der Waals surface area contributed by atoms with Gasteiger partial charge in [-0.25, -0.2) is 17.7 Å². The Morgan fingerprint density at radius 3 is 2.52 bits per heavy atom. The van der Waals surface area contributed by atoms with Crippen molar-refractivity contribution in [1.29, 1.82) is 0 Å². The number of piperidine rings is 1. The summed E-state index contributed by atoms with van der Waals surface area (Å²) in [5.41, 5.74) is 3.80. The summed E-state index contributed by atoms with van der Waals surface area (Å²) in [6, 6.07) is 21.2. The van der Waals surface area contributed by atoms with E-state index in [-0.39, 0.29) is 22.6 Å². The zero-order valence-electron chi connectivity index (χ0n) is 22.5. The Labute approximate surface area is 244 Å². The number of hydrogen-bond donors (Lipinski definition) is 1. The number of anilines is 2. The molecule has 1 aliphatic heterocycles. The molecule has 40 heavy (non-hydrogen) atoms. The molecule has 0 radical (unpaired) electrons. The van der Waals surface area contributed by atoms with Crippen LogP contribution in [0.5, 0.6) is 5.75 Å². The van der Waals surface area contributed by atoms with Gasteiger partial charge in [0.05, 0.1) is 29.3 Å². The number of aryl methyl sites for hydroxylation is 1.